The van der Waals surface area contributed by atoms with E-state index in [1.54, 1.807) is 6.07 Å². The van der Waals surface area contributed by atoms with Crippen LogP contribution in [0.1, 0.15) is 27.2 Å². The van der Waals surface area contributed by atoms with Gasteiger partial charge in [-0.1, -0.05) is 20.8 Å². The minimum atomic E-state index is -0.725. The molecule has 0 aliphatic carbocycles. The summed E-state index contributed by atoms with van der Waals surface area (Å²) in [5.74, 6) is -1.01. The van der Waals surface area contributed by atoms with E-state index in [9.17, 15) is 9.18 Å². The molecular weight excluding hydrogens is 197 g/mol. The lowest BCUT2D eigenvalue weighted by atomic mass is 9.93. The van der Waals surface area contributed by atoms with Gasteiger partial charge in [-0.2, -0.15) is 0 Å². The van der Waals surface area contributed by atoms with Gasteiger partial charge in [0.1, 0.15) is 5.82 Å². The van der Waals surface area contributed by atoms with Crippen molar-refractivity contribution in [1.82, 2.24) is 4.98 Å². The lowest BCUT2D eigenvalue weighted by molar-refractivity contribution is -0.139. The topological polar surface area (TPSA) is 50.2 Å². The highest BCUT2D eigenvalue weighted by Gasteiger charge is 2.13. The average molecular weight is 213 g/mol. The third kappa shape index (κ3) is 10.5. The second kappa shape index (κ2) is 6.11. The smallest absolute Gasteiger partial charge is 0.303 e. The molecule has 0 atom stereocenters. The Morgan fingerprint density at radius 1 is 1.53 bits per heavy atom. The number of hydrogen-bond acceptors (Lipinski definition) is 2. The normalized spacial score (nSPS) is 10.1. The Balaban J connectivity index is 0.000000262. The van der Waals surface area contributed by atoms with E-state index in [0.29, 0.717) is 0 Å². The van der Waals surface area contributed by atoms with Crippen molar-refractivity contribution in [2.45, 2.75) is 27.2 Å². The molecule has 0 spiro atoms. The van der Waals surface area contributed by atoms with Crippen LogP contribution in [0.15, 0.2) is 24.5 Å². The number of halogens is 1. The summed E-state index contributed by atoms with van der Waals surface area (Å²) in [7, 11) is 0. The molecular formula is C11H16FNO2. The van der Waals surface area contributed by atoms with Gasteiger partial charge in [0, 0.05) is 6.20 Å². The molecule has 0 amide bonds. The van der Waals surface area contributed by atoms with Gasteiger partial charge in [0.05, 0.1) is 12.6 Å². The van der Waals surface area contributed by atoms with E-state index >= 15 is 0 Å². The number of nitrogens with zero attached hydrogens (tertiary/aromatic N) is 1. The maximum atomic E-state index is 11.8. The van der Waals surface area contributed by atoms with Crippen molar-refractivity contribution in [3.8, 4) is 0 Å². The molecule has 0 radical (unpaired) electrons. The largest absolute Gasteiger partial charge is 0.481 e. The molecule has 0 saturated carbocycles. The van der Waals surface area contributed by atoms with Crippen molar-refractivity contribution < 1.29 is 14.3 Å². The highest BCUT2D eigenvalue weighted by Crippen LogP contribution is 2.17. The fourth-order valence-corrected chi connectivity index (χ4v) is 0.796. The van der Waals surface area contributed by atoms with Crippen LogP contribution < -0.4 is 0 Å². The molecule has 0 aliphatic rings. The highest BCUT2D eigenvalue weighted by molar-refractivity contribution is 5.67. The summed E-state index contributed by atoms with van der Waals surface area (Å²) >= 11 is 0. The van der Waals surface area contributed by atoms with Gasteiger partial charge < -0.3 is 5.11 Å². The Morgan fingerprint density at radius 3 is 2.27 bits per heavy atom. The number of pyridine rings is 1. The molecule has 1 aromatic rings. The second-order valence-electron chi connectivity index (χ2n) is 4.30. The summed E-state index contributed by atoms with van der Waals surface area (Å²) in [6.07, 6.45) is 2.94. The molecule has 4 heteroatoms. The lowest BCUT2D eigenvalue weighted by Gasteiger charge is -2.13. The maximum Gasteiger partial charge on any atom is 0.303 e. The van der Waals surface area contributed by atoms with Crippen LogP contribution in [0.25, 0.3) is 0 Å². The van der Waals surface area contributed by atoms with E-state index < -0.39 is 5.97 Å². The molecule has 3 nitrogen and oxygen atoms in total. The highest BCUT2D eigenvalue weighted by atomic mass is 19.1. The molecule has 0 fully saturated rings. The fraction of sp³-hybridized carbons (Fsp3) is 0.455. The quantitative estimate of drug-likeness (QED) is 0.780. The van der Waals surface area contributed by atoms with Gasteiger partial charge >= 0.3 is 5.97 Å². The third-order valence-corrected chi connectivity index (χ3v) is 1.31. The number of carbonyl (C=O) groups is 1. The number of aromatic nitrogens is 1. The van der Waals surface area contributed by atoms with Crippen molar-refractivity contribution in [1.29, 1.82) is 0 Å². The van der Waals surface area contributed by atoms with Crippen LogP contribution in [0, 0.1) is 11.2 Å². The van der Waals surface area contributed by atoms with Crippen molar-refractivity contribution in [2.75, 3.05) is 0 Å². The van der Waals surface area contributed by atoms with E-state index in [-0.39, 0.29) is 17.7 Å². The zero-order valence-corrected chi connectivity index (χ0v) is 9.20. The minimum absolute atomic E-state index is 0.0775. The third-order valence-electron chi connectivity index (χ3n) is 1.31. The van der Waals surface area contributed by atoms with Crippen LogP contribution in [0.5, 0.6) is 0 Å². The number of rotatable bonds is 1. The standard InChI is InChI=1S/C6H12O2.C5H4FN/c1-6(2,3)4-5(7)8;6-5-2-1-3-7-4-5/h4H2,1-3H3,(H,7,8);1-4H. The first-order chi connectivity index (χ1) is 6.81. The van der Waals surface area contributed by atoms with Gasteiger partial charge in [0.15, 0.2) is 0 Å². The van der Waals surface area contributed by atoms with Crippen molar-refractivity contribution in [2.24, 2.45) is 5.41 Å². The van der Waals surface area contributed by atoms with Gasteiger partial charge in [0.25, 0.3) is 0 Å². The Kier molecular flexibility index (Phi) is 5.52. The Bertz CT molecular complexity index is 293. The summed E-state index contributed by atoms with van der Waals surface area (Å²) in [6.45, 7) is 5.71. The molecule has 0 aromatic carbocycles. The van der Waals surface area contributed by atoms with E-state index in [1.807, 2.05) is 20.8 Å². The molecule has 0 unspecified atom stereocenters. The van der Waals surface area contributed by atoms with Gasteiger partial charge in [-0.05, 0) is 17.5 Å². The number of aliphatic carboxylic acids is 1. The molecule has 0 bridgehead atoms. The summed E-state index contributed by atoms with van der Waals surface area (Å²) in [5.41, 5.74) is -0.0775. The molecule has 15 heavy (non-hydrogen) atoms. The predicted molar refractivity (Wildman–Crippen MR) is 55.9 cm³/mol. The molecule has 0 aliphatic heterocycles. The van der Waals surface area contributed by atoms with Gasteiger partial charge in [-0.3, -0.25) is 9.78 Å². The summed E-state index contributed by atoms with van der Waals surface area (Å²) in [4.78, 5) is 13.5. The molecule has 84 valence electrons. The minimum Gasteiger partial charge on any atom is -0.481 e. The van der Waals surface area contributed by atoms with Crippen LogP contribution in [0.2, 0.25) is 0 Å². The van der Waals surface area contributed by atoms with Crippen molar-refractivity contribution >= 4 is 5.97 Å². The van der Waals surface area contributed by atoms with E-state index in [4.69, 9.17) is 5.11 Å². The zero-order chi connectivity index (χ0) is 11.9. The summed E-state index contributed by atoms with van der Waals surface area (Å²) < 4.78 is 11.8. The maximum absolute atomic E-state index is 11.8. The van der Waals surface area contributed by atoms with E-state index in [2.05, 4.69) is 4.98 Å². The Morgan fingerprint density at radius 2 is 2.13 bits per heavy atom. The summed E-state index contributed by atoms with van der Waals surface area (Å²) in [5, 5.41) is 8.25. The first-order valence-electron chi connectivity index (χ1n) is 4.58. The Hall–Kier alpha value is -1.45. The first-order valence-corrected chi connectivity index (χ1v) is 4.58. The predicted octanol–water partition coefficient (Wildman–Crippen LogP) is 2.73. The van der Waals surface area contributed by atoms with Gasteiger partial charge in [-0.15, -0.1) is 0 Å². The number of carboxylic acids is 1. The number of hydrogen-bond donors (Lipinski definition) is 1. The second-order valence-corrected chi connectivity index (χ2v) is 4.30. The van der Waals surface area contributed by atoms with Crippen LogP contribution in [-0.2, 0) is 4.79 Å². The average Bonchev–Trinajstić information content (AvgIpc) is 2.01. The zero-order valence-electron chi connectivity index (χ0n) is 9.20. The monoisotopic (exact) mass is 213 g/mol. The van der Waals surface area contributed by atoms with Crippen LogP contribution >= 0.6 is 0 Å². The van der Waals surface area contributed by atoms with Gasteiger partial charge in [0.2, 0.25) is 0 Å². The van der Waals surface area contributed by atoms with Crippen LogP contribution in [-0.4, -0.2) is 16.1 Å². The van der Waals surface area contributed by atoms with Crippen LogP contribution in [0.4, 0.5) is 4.39 Å². The first kappa shape index (κ1) is 13.5. The van der Waals surface area contributed by atoms with Crippen LogP contribution in [0.3, 0.4) is 0 Å². The van der Waals surface area contributed by atoms with Crippen molar-refractivity contribution in [3.63, 3.8) is 0 Å². The molecule has 1 heterocycles. The molecule has 1 N–H and O–H groups in total. The van der Waals surface area contributed by atoms with Crippen molar-refractivity contribution in [3.05, 3.63) is 30.3 Å². The van der Waals surface area contributed by atoms with E-state index in [0.717, 1.165) is 0 Å². The molecule has 0 saturated heterocycles. The lowest BCUT2D eigenvalue weighted by Crippen LogP contribution is -2.11. The van der Waals surface area contributed by atoms with E-state index in [1.165, 1.54) is 18.5 Å². The molecule has 1 rings (SSSR count). The Labute approximate surface area is 89.0 Å². The fourth-order valence-electron chi connectivity index (χ4n) is 0.796. The SMILES string of the molecule is CC(C)(C)CC(=O)O.Fc1cccnc1. The molecule has 1 aromatic heterocycles. The van der Waals surface area contributed by atoms with Gasteiger partial charge in [-0.25, -0.2) is 4.39 Å². The summed E-state index contributed by atoms with van der Waals surface area (Å²) in [6, 6.07) is 2.91. The number of carboxylic acid groups (broad SMARTS) is 1.